The molecule has 5 N–H and O–H groups in total. The summed E-state index contributed by atoms with van der Waals surface area (Å²) in [4.78, 5) is 7.01. The molecule has 0 aliphatic rings. The summed E-state index contributed by atoms with van der Waals surface area (Å²) in [6, 6.07) is 5.50. The lowest BCUT2D eigenvalue weighted by molar-refractivity contribution is 1.41. The lowest BCUT2D eigenvalue weighted by Crippen LogP contribution is -2.21. The summed E-state index contributed by atoms with van der Waals surface area (Å²) in [6.45, 7) is 0. The molecular formula is C9H9ClN4. The topological polar surface area (TPSA) is 80.2 Å². The highest BCUT2D eigenvalue weighted by Crippen LogP contribution is 2.27. The molecule has 0 aliphatic carbocycles. The van der Waals surface area contributed by atoms with E-state index in [9.17, 15) is 0 Å². The normalized spacial score (nSPS) is 10.4. The predicted molar refractivity (Wildman–Crippen MR) is 58.8 cm³/mol. The van der Waals surface area contributed by atoms with Gasteiger partial charge in [-0.3, -0.25) is 0 Å². The fraction of sp³-hybridized carbons (Fsp3) is 0. The van der Waals surface area contributed by atoms with Crippen LogP contribution in [0, 0.1) is 0 Å². The average molecular weight is 209 g/mol. The molecule has 1 aromatic heterocycles. The van der Waals surface area contributed by atoms with Gasteiger partial charge >= 0.3 is 0 Å². The number of H-pyrrole nitrogens is 1. The van der Waals surface area contributed by atoms with Crippen LogP contribution in [-0.4, -0.2) is 10.9 Å². The molecule has 0 amide bonds. The average Bonchev–Trinajstić information content (AvgIpc) is 2.47. The van der Waals surface area contributed by atoms with Gasteiger partial charge in [0.25, 0.3) is 0 Å². The van der Waals surface area contributed by atoms with Crippen LogP contribution in [0.25, 0.3) is 10.9 Å². The maximum absolute atomic E-state index is 5.86. The third-order valence-corrected chi connectivity index (χ3v) is 2.11. The minimum atomic E-state index is 0.0332. The number of halogens is 1. The SMILES string of the molecule is NC(N)=Nc1c[nH]c2ccc(Cl)cc12. The molecular weight excluding hydrogens is 200 g/mol. The minimum Gasteiger partial charge on any atom is -0.370 e. The third-order valence-electron chi connectivity index (χ3n) is 1.87. The number of nitrogens with zero attached hydrogens (tertiary/aromatic N) is 1. The summed E-state index contributed by atoms with van der Waals surface area (Å²) >= 11 is 5.86. The van der Waals surface area contributed by atoms with Crippen molar-refractivity contribution in [1.29, 1.82) is 0 Å². The summed E-state index contributed by atoms with van der Waals surface area (Å²) in [5.41, 5.74) is 12.2. The molecule has 0 atom stereocenters. The zero-order valence-electron chi connectivity index (χ0n) is 7.29. The van der Waals surface area contributed by atoms with Crippen LogP contribution in [0.4, 0.5) is 5.69 Å². The van der Waals surface area contributed by atoms with E-state index in [2.05, 4.69) is 9.98 Å². The minimum absolute atomic E-state index is 0.0332. The zero-order valence-corrected chi connectivity index (χ0v) is 8.05. The van der Waals surface area contributed by atoms with E-state index < -0.39 is 0 Å². The highest BCUT2D eigenvalue weighted by atomic mass is 35.5. The second-order valence-corrected chi connectivity index (χ2v) is 3.34. The van der Waals surface area contributed by atoms with E-state index in [1.54, 1.807) is 12.3 Å². The first-order valence-electron chi connectivity index (χ1n) is 4.03. The molecule has 0 spiro atoms. The number of aliphatic imine (C=N–C) groups is 1. The van der Waals surface area contributed by atoms with E-state index in [0.717, 1.165) is 10.9 Å². The van der Waals surface area contributed by atoms with Gasteiger partial charge in [-0.05, 0) is 18.2 Å². The molecule has 2 aromatic rings. The lowest BCUT2D eigenvalue weighted by Gasteiger charge is -1.93. The number of hydrogen-bond donors (Lipinski definition) is 3. The Morgan fingerprint density at radius 2 is 2.14 bits per heavy atom. The van der Waals surface area contributed by atoms with Crippen molar-refractivity contribution in [1.82, 2.24) is 4.98 Å². The Kier molecular flexibility index (Phi) is 2.05. The maximum atomic E-state index is 5.86. The van der Waals surface area contributed by atoms with Crippen molar-refractivity contribution in [3.8, 4) is 0 Å². The number of guanidine groups is 1. The predicted octanol–water partition coefficient (Wildman–Crippen LogP) is 1.73. The van der Waals surface area contributed by atoms with Gasteiger partial charge in [0.2, 0.25) is 0 Å². The van der Waals surface area contributed by atoms with Crippen LogP contribution in [0.3, 0.4) is 0 Å². The van der Waals surface area contributed by atoms with Gasteiger partial charge in [0.1, 0.15) is 0 Å². The molecule has 2 rings (SSSR count). The summed E-state index contributed by atoms with van der Waals surface area (Å²) < 4.78 is 0. The molecule has 14 heavy (non-hydrogen) atoms. The molecule has 4 nitrogen and oxygen atoms in total. The van der Waals surface area contributed by atoms with Gasteiger partial charge in [0.15, 0.2) is 5.96 Å². The highest BCUT2D eigenvalue weighted by Gasteiger charge is 2.02. The second-order valence-electron chi connectivity index (χ2n) is 2.90. The van der Waals surface area contributed by atoms with Crippen molar-refractivity contribution in [3.05, 3.63) is 29.4 Å². The first kappa shape index (κ1) is 8.90. The maximum Gasteiger partial charge on any atom is 0.191 e. The Morgan fingerprint density at radius 3 is 2.86 bits per heavy atom. The quantitative estimate of drug-likeness (QED) is 0.493. The number of fused-ring (bicyclic) bond motifs is 1. The Morgan fingerprint density at radius 1 is 1.36 bits per heavy atom. The monoisotopic (exact) mass is 208 g/mol. The van der Waals surface area contributed by atoms with Crippen LogP contribution in [-0.2, 0) is 0 Å². The fourth-order valence-electron chi connectivity index (χ4n) is 1.31. The standard InChI is InChI=1S/C9H9ClN4/c10-5-1-2-7-6(3-5)8(4-13-7)14-9(11)12/h1-4,13H,(H4,11,12,14). The van der Waals surface area contributed by atoms with Gasteiger partial charge in [0, 0.05) is 22.1 Å². The number of aromatic nitrogens is 1. The first-order chi connectivity index (χ1) is 6.66. The molecule has 72 valence electrons. The molecule has 0 fully saturated rings. The summed E-state index contributed by atoms with van der Waals surface area (Å²) in [5.74, 6) is 0.0332. The molecule has 0 radical (unpaired) electrons. The summed E-state index contributed by atoms with van der Waals surface area (Å²) in [5, 5.41) is 1.56. The molecule has 0 unspecified atom stereocenters. The number of hydrogen-bond acceptors (Lipinski definition) is 1. The third kappa shape index (κ3) is 1.52. The van der Waals surface area contributed by atoms with Gasteiger partial charge in [0.05, 0.1) is 5.69 Å². The van der Waals surface area contributed by atoms with Gasteiger partial charge < -0.3 is 16.5 Å². The first-order valence-corrected chi connectivity index (χ1v) is 4.41. The van der Waals surface area contributed by atoms with Crippen molar-refractivity contribution in [2.45, 2.75) is 0 Å². The van der Waals surface area contributed by atoms with Crippen molar-refractivity contribution < 1.29 is 0 Å². The van der Waals surface area contributed by atoms with Crippen LogP contribution in [0.1, 0.15) is 0 Å². The van der Waals surface area contributed by atoms with Crippen LogP contribution in [0.15, 0.2) is 29.4 Å². The van der Waals surface area contributed by atoms with E-state index in [0.29, 0.717) is 10.7 Å². The van der Waals surface area contributed by atoms with Gasteiger partial charge in [-0.25, -0.2) is 4.99 Å². The largest absolute Gasteiger partial charge is 0.370 e. The number of nitrogens with one attached hydrogen (secondary N) is 1. The molecule has 1 heterocycles. The number of nitrogens with two attached hydrogens (primary N) is 2. The highest BCUT2D eigenvalue weighted by molar-refractivity contribution is 6.31. The molecule has 0 aliphatic heterocycles. The molecule has 0 saturated carbocycles. The number of benzene rings is 1. The van der Waals surface area contributed by atoms with Gasteiger partial charge in [-0.2, -0.15) is 0 Å². The Balaban J connectivity index is 2.67. The number of aromatic amines is 1. The van der Waals surface area contributed by atoms with E-state index in [1.165, 1.54) is 0 Å². The molecule has 0 saturated heterocycles. The van der Waals surface area contributed by atoms with Crippen molar-refractivity contribution >= 4 is 34.2 Å². The lowest BCUT2D eigenvalue weighted by atomic mass is 10.2. The van der Waals surface area contributed by atoms with E-state index in [-0.39, 0.29) is 5.96 Å². The van der Waals surface area contributed by atoms with E-state index >= 15 is 0 Å². The van der Waals surface area contributed by atoms with Crippen LogP contribution < -0.4 is 11.5 Å². The molecule has 5 heteroatoms. The second kappa shape index (κ2) is 3.23. The van der Waals surface area contributed by atoms with Crippen molar-refractivity contribution in [2.24, 2.45) is 16.5 Å². The smallest absolute Gasteiger partial charge is 0.191 e. The van der Waals surface area contributed by atoms with Gasteiger partial charge in [-0.1, -0.05) is 11.6 Å². The van der Waals surface area contributed by atoms with Crippen LogP contribution >= 0.6 is 11.6 Å². The van der Waals surface area contributed by atoms with Gasteiger partial charge in [-0.15, -0.1) is 0 Å². The Bertz CT molecular complexity index is 496. The number of rotatable bonds is 1. The van der Waals surface area contributed by atoms with E-state index in [1.807, 2.05) is 12.1 Å². The fourth-order valence-corrected chi connectivity index (χ4v) is 1.48. The van der Waals surface area contributed by atoms with Crippen LogP contribution in [0.5, 0.6) is 0 Å². The molecule has 1 aromatic carbocycles. The zero-order chi connectivity index (χ0) is 10.1. The Hall–Kier alpha value is -1.68. The van der Waals surface area contributed by atoms with Crippen molar-refractivity contribution in [3.63, 3.8) is 0 Å². The van der Waals surface area contributed by atoms with Crippen LogP contribution in [0.2, 0.25) is 5.02 Å². The summed E-state index contributed by atoms with van der Waals surface area (Å²) in [7, 11) is 0. The van der Waals surface area contributed by atoms with E-state index in [4.69, 9.17) is 23.1 Å². The molecule has 0 bridgehead atoms. The Labute approximate surface area is 85.6 Å². The van der Waals surface area contributed by atoms with Crippen molar-refractivity contribution in [2.75, 3.05) is 0 Å². The summed E-state index contributed by atoms with van der Waals surface area (Å²) in [6.07, 6.45) is 1.74.